The van der Waals surface area contributed by atoms with E-state index in [4.69, 9.17) is 4.74 Å². The Hall–Kier alpha value is -2.22. The molecule has 26 heavy (non-hydrogen) atoms. The maximum atomic E-state index is 12.7. The lowest BCUT2D eigenvalue weighted by Gasteiger charge is -2.26. The van der Waals surface area contributed by atoms with Crippen molar-refractivity contribution in [1.29, 1.82) is 0 Å². The summed E-state index contributed by atoms with van der Waals surface area (Å²) >= 11 is 1.18. The van der Waals surface area contributed by atoms with E-state index in [0.717, 1.165) is 51.0 Å². The highest BCUT2D eigenvalue weighted by Gasteiger charge is 2.25. The number of rotatable bonds is 3. The fraction of sp³-hybridized carbons (Fsp3) is 0.556. The molecule has 0 atom stereocenters. The summed E-state index contributed by atoms with van der Waals surface area (Å²) in [7, 11) is 0. The third-order valence-corrected chi connectivity index (χ3v) is 6.30. The predicted molar refractivity (Wildman–Crippen MR) is 97.7 cm³/mol. The standard InChI is InChI=1S/C18H21N3O4S/c1-11-14-16(19-12-6-5-9-21(12)17(14)23)26-15(11)18(24)25-10-13(22)20-7-3-2-4-8-20/h2-10H2,1H3. The van der Waals surface area contributed by atoms with Crippen LogP contribution in [0, 0.1) is 6.92 Å². The van der Waals surface area contributed by atoms with Crippen LogP contribution in [0.4, 0.5) is 0 Å². The molecule has 0 spiro atoms. The van der Waals surface area contributed by atoms with Gasteiger partial charge in [-0.1, -0.05) is 0 Å². The van der Waals surface area contributed by atoms with Crippen LogP contribution < -0.4 is 5.56 Å². The molecule has 0 unspecified atom stereocenters. The highest BCUT2D eigenvalue weighted by molar-refractivity contribution is 7.20. The number of hydrogen-bond donors (Lipinski definition) is 0. The second-order valence-electron chi connectivity index (χ2n) is 6.84. The van der Waals surface area contributed by atoms with Crippen molar-refractivity contribution >= 4 is 33.4 Å². The zero-order valence-corrected chi connectivity index (χ0v) is 15.6. The lowest BCUT2D eigenvalue weighted by Crippen LogP contribution is -2.38. The van der Waals surface area contributed by atoms with Crippen LogP contribution in [0.3, 0.4) is 0 Å². The molecular weight excluding hydrogens is 354 g/mol. The van der Waals surface area contributed by atoms with Crippen LogP contribution in [0.1, 0.15) is 46.7 Å². The minimum absolute atomic E-state index is 0.0836. The van der Waals surface area contributed by atoms with Crippen LogP contribution in [-0.2, 0) is 22.5 Å². The van der Waals surface area contributed by atoms with Crippen molar-refractivity contribution in [1.82, 2.24) is 14.5 Å². The fourth-order valence-electron chi connectivity index (χ4n) is 3.70. The number of piperidine rings is 1. The lowest BCUT2D eigenvalue weighted by molar-refractivity contribution is -0.135. The van der Waals surface area contributed by atoms with E-state index in [-0.39, 0.29) is 18.1 Å². The highest BCUT2D eigenvalue weighted by Crippen LogP contribution is 2.29. The van der Waals surface area contributed by atoms with Gasteiger partial charge < -0.3 is 9.64 Å². The first-order valence-corrected chi connectivity index (χ1v) is 9.85. The zero-order chi connectivity index (χ0) is 18.3. The molecule has 2 aromatic rings. The van der Waals surface area contributed by atoms with E-state index in [9.17, 15) is 14.4 Å². The number of esters is 1. The van der Waals surface area contributed by atoms with E-state index in [1.165, 1.54) is 11.3 Å². The van der Waals surface area contributed by atoms with Gasteiger partial charge in [-0.25, -0.2) is 9.78 Å². The van der Waals surface area contributed by atoms with Gasteiger partial charge in [0.15, 0.2) is 6.61 Å². The quantitative estimate of drug-likeness (QED) is 0.765. The first-order chi connectivity index (χ1) is 12.6. The van der Waals surface area contributed by atoms with E-state index in [0.29, 0.717) is 27.2 Å². The number of likely N-dealkylation sites (tertiary alicyclic amines) is 1. The second kappa shape index (κ2) is 6.83. The monoisotopic (exact) mass is 375 g/mol. The third-order valence-electron chi connectivity index (χ3n) is 5.13. The summed E-state index contributed by atoms with van der Waals surface area (Å²) in [6.45, 7) is 3.62. The third kappa shape index (κ3) is 2.92. The van der Waals surface area contributed by atoms with Gasteiger partial charge in [-0.2, -0.15) is 0 Å². The minimum atomic E-state index is -0.555. The zero-order valence-electron chi connectivity index (χ0n) is 14.7. The SMILES string of the molecule is Cc1c(C(=O)OCC(=O)N2CCCCC2)sc2nc3n(c(=O)c12)CCC3. The molecule has 0 bridgehead atoms. The number of amides is 1. The summed E-state index contributed by atoms with van der Waals surface area (Å²) in [4.78, 5) is 44.5. The van der Waals surface area contributed by atoms with E-state index in [2.05, 4.69) is 4.98 Å². The van der Waals surface area contributed by atoms with Crippen molar-refractivity contribution in [3.8, 4) is 0 Å². The molecule has 1 fully saturated rings. The molecule has 8 heteroatoms. The second-order valence-corrected chi connectivity index (χ2v) is 7.84. The molecule has 138 valence electrons. The van der Waals surface area contributed by atoms with Crippen molar-refractivity contribution in [2.45, 2.75) is 45.6 Å². The number of carbonyl (C=O) groups excluding carboxylic acids is 2. The van der Waals surface area contributed by atoms with Gasteiger partial charge in [0.1, 0.15) is 15.5 Å². The number of aromatic nitrogens is 2. The molecule has 4 heterocycles. The minimum Gasteiger partial charge on any atom is -0.451 e. The number of fused-ring (bicyclic) bond motifs is 2. The highest BCUT2D eigenvalue weighted by atomic mass is 32.1. The Morgan fingerprint density at radius 3 is 2.69 bits per heavy atom. The summed E-state index contributed by atoms with van der Waals surface area (Å²) in [5.41, 5.74) is 0.514. The van der Waals surface area contributed by atoms with Gasteiger partial charge in [0.25, 0.3) is 11.5 Å². The summed E-state index contributed by atoms with van der Waals surface area (Å²) < 4.78 is 6.93. The Morgan fingerprint density at radius 1 is 1.15 bits per heavy atom. The van der Waals surface area contributed by atoms with Crippen LogP contribution in [0.15, 0.2) is 4.79 Å². The molecule has 0 aliphatic carbocycles. The van der Waals surface area contributed by atoms with Gasteiger partial charge in [0.05, 0.1) is 5.39 Å². The Bertz CT molecular complexity index is 940. The molecule has 7 nitrogen and oxygen atoms in total. The Labute approximate surface area is 154 Å². The van der Waals surface area contributed by atoms with E-state index in [1.807, 2.05) is 0 Å². The summed E-state index contributed by atoms with van der Waals surface area (Å²) in [5.74, 6) is 0.0679. The van der Waals surface area contributed by atoms with Crippen LogP contribution in [-0.4, -0.2) is 46.0 Å². The molecule has 4 rings (SSSR count). The predicted octanol–water partition coefficient (Wildman–Crippen LogP) is 1.88. The van der Waals surface area contributed by atoms with Crippen LogP contribution in [0.5, 0.6) is 0 Å². The summed E-state index contributed by atoms with van der Waals surface area (Å²) in [6.07, 6.45) is 4.83. The normalized spacial score (nSPS) is 16.7. The van der Waals surface area contributed by atoms with Gasteiger partial charge in [-0.15, -0.1) is 11.3 Å². The molecule has 0 saturated carbocycles. The Kier molecular flexibility index (Phi) is 4.52. The van der Waals surface area contributed by atoms with E-state index in [1.54, 1.807) is 16.4 Å². The number of carbonyl (C=O) groups is 2. The van der Waals surface area contributed by atoms with Gasteiger partial charge in [-0.3, -0.25) is 14.2 Å². The topological polar surface area (TPSA) is 81.5 Å². The molecule has 0 N–H and O–H groups in total. The molecule has 2 aliphatic rings. The largest absolute Gasteiger partial charge is 0.451 e. The van der Waals surface area contributed by atoms with E-state index >= 15 is 0 Å². The molecular formula is C18H21N3O4S. The van der Waals surface area contributed by atoms with Gasteiger partial charge in [-0.05, 0) is 38.2 Å². The van der Waals surface area contributed by atoms with Crippen molar-refractivity contribution in [2.24, 2.45) is 0 Å². The van der Waals surface area contributed by atoms with Gasteiger partial charge in [0.2, 0.25) is 0 Å². The molecule has 1 saturated heterocycles. The Balaban J connectivity index is 1.54. The summed E-state index contributed by atoms with van der Waals surface area (Å²) in [5, 5.41) is 0.495. The molecule has 0 aromatic carbocycles. The maximum absolute atomic E-state index is 12.7. The van der Waals surface area contributed by atoms with Crippen molar-refractivity contribution < 1.29 is 14.3 Å². The molecule has 2 aliphatic heterocycles. The lowest BCUT2D eigenvalue weighted by atomic mass is 10.1. The van der Waals surface area contributed by atoms with Crippen molar-refractivity contribution in [3.05, 3.63) is 26.6 Å². The molecule has 0 radical (unpaired) electrons. The summed E-state index contributed by atoms with van der Waals surface area (Å²) in [6, 6.07) is 0. The van der Waals surface area contributed by atoms with Crippen molar-refractivity contribution in [2.75, 3.05) is 19.7 Å². The van der Waals surface area contributed by atoms with Crippen molar-refractivity contribution in [3.63, 3.8) is 0 Å². The van der Waals surface area contributed by atoms with Gasteiger partial charge >= 0.3 is 5.97 Å². The number of ether oxygens (including phenoxy) is 1. The first-order valence-electron chi connectivity index (χ1n) is 9.04. The van der Waals surface area contributed by atoms with Gasteiger partial charge in [0, 0.05) is 26.1 Å². The van der Waals surface area contributed by atoms with Crippen LogP contribution >= 0.6 is 11.3 Å². The number of nitrogens with zero attached hydrogens (tertiary/aromatic N) is 3. The number of thiophene rings is 1. The number of aryl methyl sites for hydroxylation is 2. The fourth-order valence-corrected chi connectivity index (χ4v) is 4.78. The molecule has 2 aromatic heterocycles. The Morgan fingerprint density at radius 2 is 1.92 bits per heavy atom. The average molecular weight is 375 g/mol. The van der Waals surface area contributed by atoms with E-state index < -0.39 is 5.97 Å². The maximum Gasteiger partial charge on any atom is 0.349 e. The molecule has 1 amide bonds. The number of hydrogen-bond acceptors (Lipinski definition) is 6. The smallest absolute Gasteiger partial charge is 0.349 e. The first kappa shape index (κ1) is 17.2. The average Bonchev–Trinajstić information content (AvgIpc) is 3.25. The van der Waals surface area contributed by atoms with Crippen LogP contribution in [0.2, 0.25) is 0 Å². The van der Waals surface area contributed by atoms with Crippen LogP contribution in [0.25, 0.3) is 10.2 Å².